The molecule has 1 N–H and O–H groups in total. The summed E-state index contributed by atoms with van der Waals surface area (Å²) in [5, 5.41) is 4.18. The summed E-state index contributed by atoms with van der Waals surface area (Å²) < 4.78 is 0. The minimum atomic E-state index is -0.218. The van der Waals surface area contributed by atoms with E-state index in [0.29, 0.717) is 5.92 Å². The third kappa shape index (κ3) is 4.89. The van der Waals surface area contributed by atoms with Gasteiger partial charge in [0.2, 0.25) is 0 Å². The SMILES string of the molecule is Cc1nc(C(C)C)sc1C(=O)NC(C)(C)CC(C)(C)C. The van der Waals surface area contributed by atoms with Crippen molar-refractivity contribution in [1.82, 2.24) is 10.3 Å². The van der Waals surface area contributed by atoms with Crippen molar-refractivity contribution in [3.8, 4) is 0 Å². The maximum absolute atomic E-state index is 12.5. The summed E-state index contributed by atoms with van der Waals surface area (Å²) in [6.07, 6.45) is 0.931. The van der Waals surface area contributed by atoms with E-state index in [1.54, 1.807) is 0 Å². The van der Waals surface area contributed by atoms with E-state index >= 15 is 0 Å². The highest BCUT2D eigenvalue weighted by Gasteiger charge is 2.28. The van der Waals surface area contributed by atoms with Gasteiger partial charge in [-0.1, -0.05) is 34.6 Å². The Balaban J connectivity index is 2.86. The van der Waals surface area contributed by atoms with E-state index in [1.165, 1.54) is 11.3 Å². The summed E-state index contributed by atoms with van der Waals surface area (Å²) in [5.74, 6) is 0.365. The van der Waals surface area contributed by atoms with Crippen molar-refractivity contribution in [2.75, 3.05) is 0 Å². The number of carbonyl (C=O) groups excluding carboxylic acids is 1. The number of hydrogen-bond acceptors (Lipinski definition) is 3. The average Bonchev–Trinajstić information content (AvgIpc) is 2.55. The molecule has 0 atom stereocenters. The van der Waals surface area contributed by atoms with Gasteiger partial charge in [-0.25, -0.2) is 4.98 Å². The van der Waals surface area contributed by atoms with Crippen LogP contribution in [0.4, 0.5) is 0 Å². The van der Waals surface area contributed by atoms with Crippen LogP contribution in [-0.2, 0) is 0 Å². The fourth-order valence-electron chi connectivity index (χ4n) is 2.61. The van der Waals surface area contributed by atoms with Crippen LogP contribution in [0, 0.1) is 12.3 Å². The van der Waals surface area contributed by atoms with Crippen molar-refractivity contribution in [1.29, 1.82) is 0 Å². The predicted molar refractivity (Wildman–Crippen MR) is 86.6 cm³/mol. The molecule has 0 aliphatic rings. The lowest BCUT2D eigenvalue weighted by atomic mass is 9.82. The predicted octanol–water partition coefficient (Wildman–Crippen LogP) is 4.52. The largest absolute Gasteiger partial charge is 0.346 e. The minimum Gasteiger partial charge on any atom is -0.346 e. The molecule has 0 fully saturated rings. The van der Waals surface area contributed by atoms with E-state index in [2.05, 4.69) is 58.8 Å². The first-order chi connectivity index (χ1) is 8.91. The van der Waals surface area contributed by atoms with E-state index in [1.807, 2.05) is 6.92 Å². The van der Waals surface area contributed by atoms with Gasteiger partial charge in [-0.05, 0) is 32.6 Å². The van der Waals surface area contributed by atoms with Crippen LogP contribution in [0.2, 0.25) is 0 Å². The number of carbonyl (C=O) groups is 1. The van der Waals surface area contributed by atoms with Gasteiger partial charge in [0.25, 0.3) is 5.91 Å². The summed E-state index contributed by atoms with van der Waals surface area (Å²) in [6.45, 7) is 16.8. The second-order valence-corrected chi connectivity index (χ2v) is 8.73. The number of hydrogen-bond donors (Lipinski definition) is 1. The Bertz CT molecular complexity index is 481. The Morgan fingerprint density at radius 3 is 2.20 bits per heavy atom. The molecule has 114 valence electrons. The van der Waals surface area contributed by atoms with Gasteiger partial charge in [-0.2, -0.15) is 0 Å². The zero-order valence-corrected chi connectivity index (χ0v) is 14.9. The Hall–Kier alpha value is -0.900. The fourth-order valence-corrected chi connectivity index (χ4v) is 3.57. The summed E-state index contributed by atoms with van der Waals surface area (Å²) >= 11 is 1.51. The lowest BCUT2D eigenvalue weighted by Crippen LogP contribution is -2.45. The summed E-state index contributed by atoms with van der Waals surface area (Å²) in [7, 11) is 0. The molecule has 1 rings (SSSR count). The number of rotatable bonds is 4. The first-order valence-corrected chi connectivity index (χ1v) is 8.03. The molecular weight excluding hydrogens is 268 g/mol. The van der Waals surface area contributed by atoms with E-state index < -0.39 is 0 Å². The lowest BCUT2D eigenvalue weighted by Gasteiger charge is -2.33. The van der Waals surface area contributed by atoms with Crippen molar-refractivity contribution >= 4 is 17.2 Å². The molecule has 0 aliphatic heterocycles. The van der Waals surface area contributed by atoms with Gasteiger partial charge in [0, 0.05) is 11.5 Å². The second kappa shape index (κ2) is 5.84. The van der Waals surface area contributed by atoms with Gasteiger partial charge in [0.05, 0.1) is 10.7 Å². The molecule has 0 unspecified atom stereocenters. The molecule has 1 amide bonds. The number of aromatic nitrogens is 1. The molecule has 1 aromatic rings. The van der Waals surface area contributed by atoms with Crippen LogP contribution in [0.25, 0.3) is 0 Å². The van der Waals surface area contributed by atoms with Crippen LogP contribution in [-0.4, -0.2) is 16.4 Å². The Kier molecular flexibility index (Phi) is 5.01. The number of aryl methyl sites for hydroxylation is 1. The lowest BCUT2D eigenvalue weighted by molar-refractivity contribution is 0.0895. The third-order valence-electron chi connectivity index (χ3n) is 2.94. The van der Waals surface area contributed by atoms with Crippen molar-refractivity contribution in [2.45, 2.75) is 73.3 Å². The van der Waals surface area contributed by atoms with Crippen molar-refractivity contribution in [2.24, 2.45) is 5.41 Å². The molecule has 0 aromatic carbocycles. The highest BCUT2D eigenvalue weighted by molar-refractivity contribution is 7.13. The monoisotopic (exact) mass is 296 g/mol. The molecule has 0 bridgehead atoms. The maximum Gasteiger partial charge on any atom is 0.263 e. The summed E-state index contributed by atoms with van der Waals surface area (Å²) in [5.41, 5.74) is 0.801. The Morgan fingerprint density at radius 1 is 1.25 bits per heavy atom. The first kappa shape index (κ1) is 17.2. The molecule has 0 saturated carbocycles. The molecule has 0 aliphatic carbocycles. The maximum atomic E-state index is 12.5. The van der Waals surface area contributed by atoms with E-state index in [4.69, 9.17) is 0 Å². The molecule has 0 radical (unpaired) electrons. The van der Waals surface area contributed by atoms with Gasteiger partial charge in [-0.3, -0.25) is 4.79 Å². The molecule has 3 nitrogen and oxygen atoms in total. The van der Waals surface area contributed by atoms with Crippen LogP contribution in [0.3, 0.4) is 0 Å². The molecule has 4 heteroatoms. The Labute approximate surface area is 127 Å². The van der Waals surface area contributed by atoms with Crippen LogP contribution < -0.4 is 5.32 Å². The Morgan fingerprint density at radius 2 is 1.80 bits per heavy atom. The van der Waals surface area contributed by atoms with Crippen molar-refractivity contribution < 1.29 is 4.79 Å². The molecule has 0 spiro atoms. The minimum absolute atomic E-state index is 0.00106. The van der Waals surface area contributed by atoms with Crippen LogP contribution in [0.5, 0.6) is 0 Å². The molecule has 1 aromatic heterocycles. The fraction of sp³-hybridized carbons (Fsp3) is 0.750. The number of thiazole rings is 1. The van der Waals surface area contributed by atoms with Gasteiger partial charge in [0.1, 0.15) is 4.88 Å². The third-order valence-corrected chi connectivity index (χ3v) is 4.39. The first-order valence-electron chi connectivity index (χ1n) is 7.21. The van der Waals surface area contributed by atoms with E-state index in [-0.39, 0.29) is 16.9 Å². The van der Waals surface area contributed by atoms with Crippen LogP contribution >= 0.6 is 11.3 Å². The standard InChI is InChI=1S/C16H28N2OS/c1-10(2)14-17-11(3)12(20-14)13(19)18-16(7,8)9-15(4,5)6/h10H,9H2,1-8H3,(H,18,19). The zero-order chi connectivity index (χ0) is 15.7. The van der Waals surface area contributed by atoms with Crippen LogP contribution in [0.1, 0.15) is 81.2 Å². The zero-order valence-electron chi connectivity index (χ0n) is 14.0. The van der Waals surface area contributed by atoms with E-state index in [0.717, 1.165) is 22.0 Å². The van der Waals surface area contributed by atoms with Gasteiger partial charge < -0.3 is 5.32 Å². The van der Waals surface area contributed by atoms with E-state index in [9.17, 15) is 4.79 Å². The van der Waals surface area contributed by atoms with Gasteiger partial charge >= 0.3 is 0 Å². The van der Waals surface area contributed by atoms with Crippen LogP contribution in [0.15, 0.2) is 0 Å². The average molecular weight is 296 g/mol. The van der Waals surface area contributed by atoms with Crippen molar-refractivity contribution in [3.05, 3.63) is 15.6 Å². The normalized spacial score (nSPS) is 12.8. The molecular formula is C16H28N2OS. The number of nitrogens with one attached hydrogen (secondary N) is 1. The van der Waals surface area contributed by atoms with Gasteiger partial charge in [-0.15, -0.1) is 11.3 Å². The van der Waals surface area contributed by atoms with Gasteiger partial charge in [0.15, 0.2) is 0 Å². The number of nitrogens with zero attached hydrogens (tertiary/aromatic N) is 1. The summed E-state index contributed by atoms with van der Waals surface area (Å²) in [4.78, 5) is 17.7. The molecule has 1 heterocycles. The summed E-state index contributed by atoms with van der Waals surface area (Å²) in [6, 6.07) is 0. The topological polar surface area (TPSA) is 42.0 Å². The molecule has 20 heavy (non-hydrogen) atoms. The number of amides is 1. The van der Waals surface area contributed by atoms with Crippen molar-refractivity contribution in [3.63, 3.8) is 0 Å². The quantitative estimate of drug-likeness (QED) is 0.887. The highest BCUT2D eigenvalue weighted by atomic mass is 32.1. The second-order valence-electron chi connectivity index (χ2n) is 7.70. The highest BCUT2D eigenvalue weighted by Crippen LogP contribution is 2.29. The molecule has 0 saturated heterocycles. The smallest absolute Gasteiger partial charge is 0.263 e.